The van der Waals surface area contributed by atoms with Gasteiger partial charge in [-0.2, -0.15) is 0 Å². The lowest BCUT2D eigenvalue weighted by Gasteiger charge is -2.34. The van der Waals surface area contributed by atoms with Crippen molar-refractivity contribution < 1.29 is 29.3 Å². The van der Waals surface area contributed by atoms with Crippen molar-refractivity contribution in [1.29, 1.82) is 0 Å². The van der Waals surface area contributed by atoms with Crippen molar-refractivity contribution in [3.8, 4) is 5.75 Å². The number of unbranched alkanes of at least 4 members (excludes halogenated alkanes) is 5. The van der Waals surface area contributed by atoms with Crippen LogP contribution in [0.1, 0.15) is 89.0 Å². The van der Waals surface area contributed by atoms with Gasteiger partial charge >= 0.3 is 6.09 Å². The molecule has 41 heavy (non-hydrogen) atoms. The van der Waals surface area contributed by atoms with Gasteiger partial charge in [0.1, 0.15) is 23.4 Å². The van der Waals surface area contributed by atoms with Gasteiger partial charge in [0.15, 0.2) is 0 Å². The molecule has 226 valence electrons. The van der Waals surface area contributed by atoms with E-state index in [1.54, 1.807) is 45.9 Å². The number of aryl methyl sites for hydroxylation is 1. The van der Waals surface area contributed by atoms with Crippen LogP contribution >= 0.6 is 0 Å². The molecule has 2 rings (SSSR count). The number of amides is 3. The highest BCUT2D eigenvalue weighted by atomic mass is 16.6. The van der Waals surface area contributed by atoms with Crippen molar-refractivity contribution >= 4 is 17.9 Å². The van der Waals surface area contributed by atoms with E-state index in [0.717, 1.165) is 37.7 Å². The highest BCUT2D eigenvalue weighted by Crippen LogP contribution is 2.32. The normalized spacial score (nSPS) is 12.7. The predicted molar refractivity (Wildman–Crippen MR) is 159 cm³/mol. The monoisotopic (exact) mass is 569 g/mol. The van der Waals surface area contributed by atoms with E-state index in [9.17, 15) is 24.6 Å². The number of rotatable bonds is 15. The second-order valence-corrected chi connectivity index (χ2v) is 11.3. The van der Waals surface area contributed by atoms with Gasteiger partial charge in [-0.3, -0.25) is 9.59 Å². The zero-order valence-electron chi connectivity index (χ0n) is 25.1. The molecule has 4 N–H and O–H groups in total. The van der Waals surface area contributed by atoms with Crippen molar-refractivity contribution in [2.45, 2.75) is 97.4 Å². The molecule has 0 saturated carbocycles. The van der Waals surface area contributed by atoms with Crippen molar-refractivity contribution in [1.82, 2.24) is 15.5 Å². The maximum absolute atomic E-state index is 14.0. The number of aliphatic hydroxyl groups excluding tert-OH is 1. The predicted octanol–water partition coefficient (Wildman–Crippen LogP) is 5.13. The topological polar surface area (TPSA) is 128 Å². The molecule has 0 radical (unpaired) electrons. The molecular weight excluding hydrogens is 522 g/mol. The van der Waals surface area contributed by atoms with Gasteiger partial charge in [0.2, 0.25) is 11.8 Å². The summed E-state index contributed by atoms with van der Waals surface area (Å²) in [4.78, 5) is 41.7. The van der Waals surface area contributed by atoms with Gasteiger partial charge in [0.25, 0.3) is 0 Å². The number of ether oxygens (including phenoxy) is 1. The molecular formula is C32H47N3O6. The number of alkyl carbamates (subject to hydrolysis) is 1. The first-order chi connectivity index (χ1) is 19.5. The summed E-state index contributed by atoms with van der Waals surface area (Å²) in [6.45, 7) is 8.67. The second kappa shape index (κ2) is 16.6. The molecule has 2 unspecified atom stereocenters. The van der Waals surface area contributed by atoms with Crippen LogP contribution in [-0.2, 0) is 20.9 Å². The van der Waals surface area contributed by atoms with E-state index in [1.807, 2.05) is 30.3 Å². The van der Waals surface area contributed by atoms with Crippen molar-refractivity contribution in [2.24, 2.45) is 0 Å². The van der Waals surface area contributed by atoms with Gasteiger partial charge in [-0.1, -0.05) is 87.6 Å². The Morgan fingerprint density at radius 3 is 2.24 bits per heavy atom. The Morgan fingerprint density at radius 1 is 0.951 bits per heavy atom. The minimum Gasteiger partial charge on any atom is -0.507 e. The van der Waals surface area contributed by atoms with Crippen LogP contribution < -0.4 is 10.6 Å². The molecule has 2 aromatic rings. The number of phenols is 1. The maximum atomic E-state index is 14.0. The zero-order valence-corrected chi connectivity index (χ0v) is 25.1. The van der Waals surface area contributed by atoms with E-state index in [4.69, 9.17) is 4.74 Å². The Balaban J connectivity index is 2.44. The molecule has 2 aromatic carbocycles. The van der Waals surface area contributed by atoms with E-state index in [-0.39, 0.29) is 24.4 Å². The number of carbonyl (C=O) groups excluding carboxylic acids is 3. The number of hydrogen-bond donors (Lipinski definition) is 4. The lowest BCUT2D eigenvalue weighted by atomic mass is 9.98. The van der Waals surface area contributed by atoms with Gasteiger partial charge in [0.05, 0.1) is 6.61 Å². The zero-order chi connectivity index (χ0) is 30.4. The molecule has 9 heteroatoms. The molecule has 0 aliphatic heterocycles. The first-order valence-corrected chi connectivity index (χ1v) is 14.5. The summed E-state index contributed by atoms with van der Waals surface area (Å²) in [5.74, 6) is -1.22. The summed E-state index contributed by atoms with van der Waals surface area (Å²) < 4.78 is 5.30. The number of phenolic OH excluding ortho intramolecular Hbond substituents is 1. The summed E-state index contributed by atoms with van der Waals surface area (Å²) in [5, 5.41) is 26.5. The van der Waals surface area contributed by atoms with Crippen LogP contribution in [0.4, 0.5) is 4.79 Å². The van der Waals surface area contributed by atoms with Crippen LogP contribution in [0.25, 0.3) is 0 Å². The Kier molecular flexibility index (Phi) is 13.6. The Bertz CT molecular complexity index is 1120. The van der Waals surface area contributed by atoms with Gasteiger partial charge in [-0.05, 0) is 45.2 Å². The molecule has 0 aromatic heterocycles. The van der Waals surface area contributed by atoms with Gasteiger partial charge < -0.3 is 30.5 Å². The van der Waals surface area contributed by atoms with Gasteiger partial charge in [-0.15, -0.1) is 0 Å². The third kappa shape index (κ3) is 11.1. The first kappa shape index (κ1) is 33.6. The minimum absolute atomic E-state index is 0.0891. The Labute approximate surface area is 244 Å². The maximum Gasteiger partial charge on any atom is 0.408 e. The van der Waals surface area contributed by atoms with Gasteiger partial charge in [-0.25, -0.2) is 4.79 Å². The highest BCUT2D eigenvalue weighted by Gasteiger charge is 2.37. The molecule has 0 spiro atoms. The number of benzene rings is 2. The highest BCUT2D eigenvalue weighted by molar-refractivity contribution is 5.92. The third-order valence-electron chi connectivity index (χ3n) is 6.64. The molecule has 0 heterocycles. The number of nitrogens with zero attached hydrogens (tertiary/aromatic N) is 1. The fourth-order valence-corrected chi connectivity index (χ4v) is 4.50. The number of nitrogens with one attached hydrogen (secondary N) is 2. The standard InChI is InChI=1S/C32H47N3O6/c1-6-7-8-9-10-14-20-35(30(39)26(22-36)34-31(40)41-32(3,4)5)27(25-19-15-16-23(2)28(25)37)29(38)33-21-24-17-12-11-13-18-24/h11-13,15-19,26-27,36-37H,6-10,14,20-22H2,1-5H3,(H,33,38)(H,34,40). The molecule has 3 amide bonds. The quantitative estimate of drug-likeness (QED) is 0.220. The van der Waals surface area contributed by atoms with Crippen molar-refractivity contribution in [3.05, 3.63) is 65.2 Å². The summed E-state index contributed by atoms with van der Waals surface area (Å²) >= 11 is 0. The lowest BCUT2D eigenvalue weighted by Crippen LogP contribution is -2.54. The molecule has 0 bridgehead atoms. The molecule has 9 nitrogen and oxygen atoms in total. The van der Waals surface area contributed by atoms with E-state index >= 15 is 0 Å². The summed E-state index contributed by atoms with van der Waals surface area (Å²) in [6, 6.07) is 11.9. The largest absolute Gasteiger partial charge is 0.507 e. The van der Waals surface area contributed by atoms with Crippen LogP contribution in [0.2, 0.25) is 0 Å². The molecule has 0 saturated heterocycles. The number of hydrogen-bond acceptors (Lipinski definition) is 6. The van der Waals surface area contributed by atoms with Crippen LogP contribution in [0.15, 0.2) is 48.5 Å². The third-order valence-corrected chi connectivity index (χ3v) is 6.64. The van der Waals surface area contributed by atoms with Crippen molar-refractivity contribution in [2.75, 3.05) is 13.2 Å². The number of para-hydroxylation sites is 1. The molecule has 2 atom stereocenters. The molecule has 0 aliphatic rings. The smallest absolute Gasteiger partial charge is 0.408 e. The SMILES string of the molecule is CCCCCCCCN(C(=O)C(CO)NC(=O)OC(C)(C)C)C(C(=O)NCc1ccccc1)c1cccc(C)c1O. The van der Waals surface area contributed by atoms with E-state index in [0.29, 0.717) is 12.0 Å². The Hall–Kier alpha value is -3.59. The van der Waals surface area contributed by atoms with Crippen molar-refractivity contribution in [3.63, 3.8) is 0 Å². The average Bonchev–Trinajstić information content (AvgIpc) is 2.93. The molecule has 0 aliphatic carbocycles. The first-order valence-electron chi connectivity index (χ1n) is 14.5. The second-order valence-electron chi connectivity index (χ2n) is 11.3. The number of aromatic hydroxyl groups is 1. The minimum atomic E-state index is -1.35. The average molecular weight is 570 g/mol. The van der Waals surface area contributed by atoms with Crippen LogP contribution in [0, 0.1) is 6.92 Å². The summed E-state index contributed by atoms with van der Waals surface area (Å²) in [7, 11) is 0. The van der Waals surface area contributed by atoms with Crippen LogP contribution in [0.5, 0.6) is 5.75 Å². The number of carbonyl (C=O) groups is 3. The van der Waals surface area contributed by atoms with Crippen LogP contribution in [0.3, 0.4) is 0 Å². The molecule has 0 fully saturated rings. The van der Waals surface area contributed by atoms with E-state index in [2.05, 4.69) is 17.6 Å². The summed E-state index contributed by atoms with van der Waals surface area (Å²) in [6.07, 6.45) is 4.87. The fourth-order valence-electron chi connectivity index (χ4n) is 4.50. The van der Waals surface area contributed by atoms with Crippen LogP contribution in [-0.4, -0.2) is 57.8 Å². The summed E-state index contributed by atoms with van der Waals surface area (Å²) in [5.41, 5.74) is 0.893. The lowest BCUT2D eigenvalue weighted by molar-refractivity contribution is -0.143. The Morgan fingerprint density at radius 2 is 1.61 bits per heavy atom. The number of aliphatic hydroxyl groups is 1. The van der Waals surface area contributed by atoms with Gasteiger partial charge in [0, 0.05) is 18.7 Å². The van der Waals surface area contributed by atoms with E-state index in [1.165, 1.54) is 4.90 Å². The fraction of sp³-hybridized carbons (Fsp3) is 0.531. The van der Waals surface area contributed by atoms with E-state index < -0.39 is 42.2 Å².